The molecule has 3 nitrogen and oxygen atoms in total. The van der Waals surface area contributed by atoms with Crippen LogP contribution in [0.5, 0.6) is 0 Å². The van der Waals surface area contributed by atoms with E-state index in [1.165, 1.54) is 45.3 Å². The Balaban J connectivity index is 1.71. The van der Waals surface area contributed by atoms with Crippen molar-refractivity contribution in [2.24, 2.45) is 5.73 Å². The van der Waals surface area contributed by atoms with E-state index in [-0.39, 0.29) is 5.54 Å². The highest BCUT2D eigenvalue weighted by Crippen LogP contribution is 2.18. The molecule has 2 aliphatic heterocycles. The van der Waals surface area contributed by atoms with E-state index >= 15 is 0 Å². The molecule has 0 aromatic carbocycles. The lowest BCUT2D eigenvalue weighted by atomic mass is 9.87. The quantitative estimate of drug-likeness (QED) is 0.655. The standard InChI is InChI=1S/C10H21N3/c11-10(3-1-5-12-9-10)4-8-13-6-2-7-13/h12H,1-9,11H2. The molecule has 0 aromatic rings. The lowest BCUT2D eigenvalue weighted by Gasteiger charge is -2.38. The first-order chi connectivity index (χ1) is 6.29. The maximum atomic E-state index is 6.30. The van der Waals surface area contributed by atoms with Gasteiger partial charge in [0.25, 0.3) is 0 Å². The zero-order valence-corrected chi connectivity index (χ0v) is 8.39. The predicted molar refractivity (Wildman–Crippen MR) is 54.7 cm³/mol. The van der Waals surface area contributed by atoms with E-state index < -0.39 is 0 Å². The lowest BCUT2D eigenvalue weighted by Crippen LogP contribution is -2.54. The SMILES string of the molecule is NC1(CCN2CCC2)CCCNC1. The van der Waals surface area contributed by atoms with Crippen molar-refractivity contribution in [3.63, 3.8) is 0 Å². The van der Waals surface area contributed by atoms with Gasteiger partial charge in [0.1, 0.15) is 0 Å². The molecule has 1 unspecified atom stereocenters. The minimum Gasteiger partial charge on any atom is -0.324 e. The summed E-state index contributed by atoms with van der Waals surface area (Å²) in [7, 11) is 0. The summed E-state index contributed by atoms with van der Waals surface area (Å²) >= 11 is 0. The van der Waals surface area contributed by atoms with Crippen LogP contribution in [0.25, 0.3) is 0 Å². The molecule has 2 heterocycles. The molecule has 0 bridgehead atoms. The van der Waals surface area contributed by atoms with Crippen LogP contribution in [0.15, 0.2) is 0 Å². The monoisotopic (exact) mass is 183 g/mol. The van der Waals surface area contributed by atoms with E-state index in [0.717, 1.165) is 13.1 Å². The largest absolute Gasteiger partial charge is 0.324 e. The van der Waals surface area contributed by atoms with Crippen molar-refractivity contribution in [2.45, 2.75) is 31.2 Å². The highest BCUT2D eigenvalue weighted by molar-refractivity contribution is 4.91. The predicted octanol–water partition coefficient (Wildman–Crippen LogP) is 0.163. The fourth-order valence-corrected chi connectivity index (χ4v) is 2.19. The Morgan fingerprint density at radius 2 is 2.15 bits per heavy atom. The lowest BCUT2D eigenvalue weighted by molar-refractivity contribution is 0.154. The minimum absolute atomic E-state index is 0.0911. The van der Waals surface area contributed by atoms with Crippen molar-refractivity contribution in [3.8, 4) is 0 Å². The van der Waals surface area contributed by atoms with Gasteiger partial charge in [0, 0.05) is 12.1 Å². The van der Waals surface area contributed by atoms with Crippen molar-refractivity contribution in [1.82, 2.24) is 10.2 Å². The average molecular weight is 183 g/mol. The highest BCUT2D eigenvalue weighted by atomic mass is 15.2. The van der Waals surface area contributed by atoms with Gasteiger partial charge in [-0.05, 0) is 51.9 Å². The molecule has 2 aliphatic rings. The van der Waals surface area contributed by atoms with Crippen LogP contribution in [0.4, 0.5) is 0 Å². The normalized spacial score (nSPS) is 35.8. The van der Waals surface area contributed by atoms with Crippen molar-refractivity contribution in [3.05, 3.63) is 0 Å². The molecule has 0 amide bonds. The van der Waals surface area contributed by atoms with Gasteiger partial charge in [-0.25, -0.2) is 0 Å². The summed E-state index contributed by atoms with van der Waals surface area (Å²) in [6.07, 6.45) is 5.00. The molecular formula is C10H21N3. The fraction of sp³-hybridized carbons (Fsp3) is 1.00. The summed E-state index contributed by atoms with van der Waals surface area (Å²) in [6.45, 7) is 5.97. The molecule has 0 radical (unpaired) electrons. The first-order valence-electron chi connectivity index (χ1n) is 5.51. The van der Waals surface area contributed by atoms with Gasteiger partial charge in [0.05, 0.1) is 0 Å². The molecule has 3 heteroatoms. The van der Waals surface area contributed by atoms with E-state index in [2.05, 4.69) is 10.2 Å². The van der Waals surface area contributed by atoms with Crippen LogP contribution in [0.1, 0.15) is 25.7 Å². The number of hydrogen-bond donors (Lipinski definition) is 2. The Hall–Kier alpha value is -0.120. The van der Waals surface area contributed by atoms with Gasteiger partial charge in [0.2, 0.25) is 0 Å². The molecule has 0 aliphatic carbocycles. The molecule has 3 N–H and O–H groups in total. The van der Waals surface area contributed by atoms with Crippen LogP contribution in [-0.4, -0.2) is 43.2 Å². The number of nitrogens with one attached hydrogen (secondary N) is 1. The van der Waals surface area contributed by atoms with Gasteiger partial charge < -0.3 is 16.0 Å². The van der Waals surface area contributed by atoms with Crippen LogP contribution in [0.3, 0.4) is 0 Å². The molecule has 0 spiro atoms. The number of rotatable bonds is 3. The molecule has 13 heavy (non-hydrogen) atoms. The van der Waals surface area contributed by atoms with Crippen molar-refractivity contribution < 1.29 is 0 Å². The van der Waals surface area contributed by atoms with E-state index in [1.54, 1.807) is 0 Å². The number of piperidine rings is 1. The third-order valence-corrected chi connectivity index (χ3v) is 3.38. The van der Waals surface area contributed by atoms with E-state index in [0.29, 0.717) is 0 Å². The molecule has 2 saturated heterocycles. The molecule has 2 rings (SSSR count). The summed E-state index contributed by atoms with van der Waals surface area (Å²) in [4.78, 5) is 2.50. The highest BCUT2D eigenvalue weighted by Gasteiger charge is 2.28. The third kappa shape index (κ3) is 2.42. The summed E-state index contributed by atoms with van der Waals surface area (Å²) < 4.78 is 0. The summed E-state index contributed by atoms with van der Waals surface area (Å²) in [6, 6.07) is 0. The number of nitrogens with two attached hydrogens (primary N) is 1. The molecule has 76 valence electrons. The molecule has 0 saturated carbocycles. The van der Waals surface area contributed by atoms with Crippen LogP contribution in [0, 0.1) is 0 Å². The van der Waals surface area contributed by atoms with Crippen LogP contribution in [0.2, 0.25) is 0 Å². The molecule has 2 fully saturated rings. The Morgan fingerprint density at radius 3 is 2.69 bits per heavy atom. The second-order valence-corrected chi connectivity index (χ2v) is 4.59. The summed E-state index contributed by atoms with van der Waals surface area (Å²) in [5.74, 6) is 0. The van der Waals surface area contributed by atoms with Crippen molar-refractivity contribution in [1.29, 1.82) is 0 Å². The summed E-state index contributed by atoms with van der Waals surface area (Å²) in [5, 5.41) is 3.39. The maximum absolute atomic E-state index is 6.30. The summed E-state index contributed by atoms with van der Waals surface area (Å²) in [5.41, 5.74) is 6.39. The van der Waals surface area contributed by atoms with Gasteiger partial charge in [-0.2, -0.15) is 0 Å². The van der Waals surface area contributed by atoms with E-state index in [9.17, 15) is 0 Å². The Kier molecular flexibility index (Phi) is 2.86. The second kappa shape index (κ2) is 3.95. The van der Waals surface area contributed by atoms with Gasteiger partial charge >= 0.3 is 0 Å². The van der Waals surface area contributed by atoms with Crippen molar-refractivity contribution in [2.75, 3.05) is 32.7 Å². The third-order valence-electron chi connectivity index (χ3n) is 3.38. The Labute approximate surface area is 80.7 Å². The maximum Gasteiger partial charge on any atom is 0.0293 e. The fourth-order valence-electron chi connectivity index (χ4n) is 2.19. The molecule has 0 aromatic heterocycles. The van der Waals surface area contributed by atoms with Crippen LogP contribution >= 0.6 is 0 Å². The van der Waals surface area contributed by atoms with Gasteiger partial charge in [-0.3, -0.25) is 0 Å². The first kappa shape index (κ1) is 9.44. The second-order valence-electron chi connectivity index (χ2n) is 4.59. The first-order valence-corrected chi connectivity index (χ1v) is 5.51. The number of likely N-dealkylation sites (tertiary alicyclic amines) is 1. The topological polar surface area (TPSA) is 41.3 Å². The Bertz CT molecular complexity index is 160. The van der Waals surface area contributed by atoms with Gasteiger partial charge in [-0.15, -0.1) is 0 Å². The molecule has 1 atom stereocenters. The van der Waals surface area contributed by atoms with Crippen molar-refractivity contribution >= 4 is 0 Å². The smallest absolute Gasteiger partial charge is 0.0293 e. The average Bonchev–Trinajstić information content (AvgIpc) is 2.02. The van der Waals surface area contributed by atoms with E-state index in [4.69, 9.17) is 5.73 Å². The zero-order valence-electron chi connectivity index (χ0n) is 8.39. The van der Waals surface area contributed by atoms with Crippen LogP contribution < -0.4 is 11.1 Å². The number of hydrogen-bond acceptors (Lipinski definition) is 3. The number of nitrogens with zero attached hydrogens (tertiary/aromatic N) is 1. The zero-order chi connectivity index (χ0) is 9.15. The van der Waals surface area contributed by atoms with E-state index in [1.807, 2.05) is 0 Å². The van der Waals surface area contributed by atoms with Gasteiger partial charge in [0.15, 0.2) is 0 Å². The minimum atomic E-state index is 0.0911. The molecular weight excluding hydrogens is 162 g/mol. The van der Waals surface area contributed by atoms with Gasteiger partial charge in [-0.1, -0.05) is 0 Å². The Morgan fingerprint density at radius 1 is 1.31 bits per heavy atom. The van der Waals surface area contributed by atoms with Crippen LogP contribution in [-0.2, 0) is 0 Å².